The lowest BCUT2D eigenvalue weighted by molar-refractivity contribution is -0.134. The van der Waals surface area contributed by atoms with Crippen LogP contribution in [-0.2, 0) is 14.8 Å². The molecule has 3 aromatic rings. The molecule has 2 heterocycles. The predicted octanol–water partition coefficient (Wildman–Crippen LogP) is 3.50. The van der Waals surface area contributed by atoms with Crippen molar-refractivity contribution in [2.75, 3.05) is 13.2 Å². The monoisotopic (exact) mass is 425 g/mol. The second-order valence-electron chi connectivity index (χ2n) is 7.92. The highest BCUT2D eigenvalue weighted by Gasteiger charge is 2.38. The summed E-state index contributed by atoms with van der Waals surface area (Å²) in [6.07, 6.45) is 3.78. The summed E-state index contributed by atoms with van der Waals surface area (Å²) in [5.41, 5.74) is 1.69. The quantitative estimate of drug-likeness (QED) is 0.652. The summed E-state index contributed by atoms with van der Waals surface area (Å²) < 4.78 is 33.9. The molecule has 0 unspecified atom stereocenters. The van der Waals surface area contributed by atoms with Gasteiger partial charge in [0.05, 0.1) is 17.8 Å². The zero-order valence-electron chi connectivity index (χ0n) is 16.8. The van der Waals surface area contributed by atoms with E-state index >= 15 is 0 Å². The summed E-state index contributed by atoms with van der Waals surface area (Å²) in [5, 5.41) is 0. The van der Waals surface area contributed by atoms with Crippen LogP contribution >= 0.6 is 0 Å². The van der Waals surface area contributed by atoms with Crippen molar-refractivity contribution in [3.05, 3.63) is 61.0 Å². The van der Waals surface area contributed by atoms with Gasteiger partial charge in [-0.05, 0) is 30.2 Å². The van der Waals surface area contributed by atoms with Crippen LogP contribution in [0.15, 0.2) is 70.3 Å². The van der Waals surface area contributed by atoms with Gasteiger partial charge in [0, 0.05) is 23.1 Å². The Kier molecular flexibility index (Phi) is 5.21. The van der Waals surface area contributed by atoms with Gasteiger partial charge in [-0.1, -0.05) is 44.2 Å². The third kappa shape index (κ3) is 3.88. The molecule has 0 bridgehead atoms. The maximum Gasteiger partial charge on any atom is 0.242 e. The van der Waals surface area contributed by atoms with Crippen LogP contribution in [-0.4, -0.2) is 37.4 Å². The SMILES string of the molecule is CC1(C)CCN(CNS(=O)(=O)c2ccccc2-c2ccc(-c3ncco3)cc2)C1=O. The standard InChI is InChI=1S/C22H23N3O4S/c1-22(2)11-13-25(21(22)26)15-24-30(27,28)19-6-4-3-5-18(19)16-7-9-17(10-8-16)20-23-12-14-29-20/h3-10,12,14,24H,11,13,15H2,1-2H3. The third-order valence-electron chi connectivity index (χ3n) is 5.37. The van der Waals surface area contributed by atoms with E-state index in [1.807, 2.05) is 38.1 Å². The average molecular weight is 426 g/mol. The number of sulfonamides is 1. The lowest BCUT2D eigenvalue weighted by atomic mass is 9.92. The fourth-order valence-electron chi connectivity index (χ4n) is 3.54. The van der Waals surface area contributed by atoms with Gasteiger partial charge in [0.15, 0.2) is 0 Å². The lowest BCUT2D eigenvalue weighted by Crippen LogP contribution is -2.40. The maximum absolute atomic E-state index is 13.0. The predicted molar refractivity (Wildman–Crippen MR) is 113 cm³/mol. The zero-order chi connectivity index (χ0) is 21.4. The minimum absolute atomic E-state index is 0.0397. The molecule has 4 rings (SSSR count). The molecule has 7 nitrogen and oxygen atoms in total. The van der Waals surface area contributed by atoms with E-state index in [0.717, 1.165) is 11.1 Å². The summed E-state index contributed by atoms with van der Waals surface area (Å²) >= 11 is 0. The molecule has 1 aromatic heterocycles. The molecule has 1 amide bonds. The van der Waals surface area contributed by atoms with Crippen molar-refractivity contribution in [1.82, 2.24) is 14.6 Å². The number of hydrogen-bond acceptors (Lipinski definition) is 5. The van der Waals surface area contributed by atoms with E-state index in [1.54, 1.807) is 35.4 Å². The molecule has 1 saturated heterocycles. The Morgan fingerprint density at radius 3 is 2.43 bits per heavy atom. The van der Waals surface area contributed by atoms with Gasteiger partial charge in [-0.2, -0.15) is 4.72 Å². The van der Waals surface area contributed by atoms with Crippen LogP contribution in [0.2, 0.25) is 0 Å². The van der Waals surface area contributed by atoms with Crippen LogP contribution in [0, 0.1) is 5.41 Å². The van der Waals surface area contributed by atoms with Gasteiger partial charge < -0.3 is 9.32 Å². The summed E-state index contributed by atoms with van der Waals surface area (Å²) in [5.74, 6) is 0.461. The van der Waals surface area contributed by atoms with Crippen LogP contribution < -0.4 is 4.72 Å². The van der Waals surface area contributed by atoms with E-state index in [-0.39, 0.29) is 17.5 Å². The Balaban J connectivity index is 1.57. The first-order valence-corrected chi connectivity index (χ1v) is 11.1. The molecular formula is C22H23N3O4S. The Hall–Kier alpha value is -2.97. The van der Waals surface area contributed by atoms with Crippen LogP contribution in [0.3, 0.4) is 0 Å². The van der Waals surface area contributed by atoms with E-state index in [2.05, 4.69) is 9.71 Å². The van der Waals surface area contributed by atoms with Crippen molar-refractivity contribution in [3.8, 4) is 22.6 Å². The lowest BCUT2D eigenvalue weighted by Gasteiger charge is -2.20. The van der Waals surface area contributed by atoms with Crippen molar-refractivity contribution in [2.24, 2.45) is 5.41 Å². The summed E-state index contributed by atoms with van der Waals surface area (Å²) in [6, 6.07) is 14.1. The molecule has 1 fully saturated rings. The first kappa shape index (κ1) is 20.3. The molecular weight excluding hydrogens is 402 g/mol. The summed E-state index contributed by atoms with van der Waals surface area (Å²) in [7, 11) is -3.82. The number of benzene rings is 2. The van der Waals surface area contributed by atoms with E-state index in [1.165, 1.54) is 6.26 Å². The number of hydrogen-bond donors (Lipinski definition) is 1. The molecule has 0 radical (unpaired) electrons. The molecule has 8 heteroatoms. The number of nitrogens with one attached hydrogen (secondary N) is 1. The van der Waals surface area contributed by atoms with Crippen molar-refractivity contribution in [1.29, 1.82) is 0 Å². The second-order valence-corrected chi connectivity index (χ2v) is 9.65. The van der Waals surface area contributed by atoms with E-state index in [0.29, 0.717) is 24.4 Å². The van der Waals surface area contributed by atoms with Crippen LogP contribution in [0.4, 0.5) is 0 Å². The van der Waals surface area contributed by atoms with Gasteiger partial charge in [0.1, 0.15) is 6.26 Å². The molecule has 0 aliphatic carbocycles. The second kappa shape index (κ2) is 7.70. The molecule has 0 spiro atoms. The first-order valence-electron chi connectivity index (χ1n) is 9.66. The zero-order valence-corrected chi connectivity index (χ0v) is 17.6. The fourth-order valence-corrected chi connectivity index (χ4v) is 4.75. The van der Waals surface area contributed by atoms with E-state index in [9.17, 15) is 13.2 Å². The highest BCUT2D eigenvalue weighted by Crippen LogP contribution is 2.31. The van der Waals surface area contributed by atoms with Gasteiger partial charge in [-0.3, -0.25) is 4.79 Å². The van der Waals surface area contributed by atoms with Gasteiger partial charge in [-0.25, -0.2) is 13.4 Å². The number of carbonyl (C=O) groups is 1. The normalized spacial score (nSPS) is 16.2. The fraction of sp³-hybridized carbons (Fsp3) is 0.273. The topological polar surface area (TPSA) is 92.5 Å². The minimum atomic E-state index is -3.82. The Morgan fingerprint density at radius 2 is 1.80 bits per heavy atom. The molecule has 30 heavy (non-hydrogen) atoms. The third-order valence-corrected chi connectivity index (χ3v) is 6.81. The van der Waals surface area contributed by atoms with E-state index < -0.39 is 15.4 Å². The Labute approximate surface area is 175 Å². The number of amides is 1. The first-order chi connectivity index (χ1) is 14.3. The average Bonchev–Trinajstić information content (AvgIpc) is 3.36. The van der Waals surface area contributed by atoms with Gasteiger partial charge in [0.2, 0.25) is 21.8 Å². The van der Waals surface area contributed by atoms with Crippen LogP contribution in [0.5, 0.6) is 0 Å². The van der Waals surface area contributed by atoms with Gasteiger partial charge >= 0.3 is 0 Å². The largest absolute Gasteiger partial charge is 0.445 e. The number of rotatable bonds is 6. The van der Waals surface area contributed by atoms with Gasteiger partial charge in [-0.15, -0.1) is 0 Å². The Bertz CT molecular complexity index is 1150. The summed E-state index contributed by atoms with van der Waals surface area (Å²) in [4.78, 5) is 18.2. The summed E-state index contributed by atoms with van der Waals surface area (Å²) in [6.45, 7) is 4.25. The number of likely N-dealkylation sites (tertiary alicyclic amines) is 1. The molecule has 1 N–H and O–H groups in total. The molecule has 2 aromatic carbocycles. The van der Waals surface area contributed by atoms with E-state index in [4.69, 9.17) is 4.42 Å². The van der Waals surface area contributed by atoms with Crippen LogP contribution in [0.1, 0.15) is 20.3 Å². The van der Waals surface area contributed by atoms with Gasteiger partial charge in [0.25, 0.3) is 0 Å². The molecule has 0 saturated carbocycles. The smallest absolute Gasteiger partial charge is 0.242 e. The van der Waals surface area contributed by atoms with Crippen molar-refractivity contribution in [3.63, 3.8) is 0 Å². The maximum atomic E-state index is 13.0. The molecule has 1 aliphatic rings. The number of nitrogens with zero attached hydrogens (tertiary/aromatic N) is 2. The number of oxazole rings is 1. The molecule has 1 aliphatic heterocycles. The number of carbonyl (C=O) groups excluding carboxylic acids is 1. The Morgan fingerprint density at radius 1 is 1.10 bits per heavy atom. The van der Waals surface area contributed by atoms with Crippen molar-refractivity contribution >= 4 is 15.9 Å². The number of aromatic nitrogens is 1. The molecule has 156 valence electrons. The minimum Gasteiger partial charge on any atom is -0.445 e. The van der Waals surface area contributed by atoms with Crippen LogP contribution in [0.25, 0.3) is 22.6 Å². The van der Waals surface area contributed by atoms with Crippen molar-refractivity contribution in [2.45, 2.75) is 25.2 Å². The molecule has 0 atom stereocenters. The highest BCUT2D eigenvalue weighted by atomic mass is 32.2. The van der Waals surface area contributed by atoms with Crippen molar-refractivity contribution < 1.29 is 17.6 Å². The highest BCUT2D eigenvalue weighted by molar-refractivity contribution is 7.89.